The van der Waals surface area contributed by atoms with Crippen molar-refractivity contribution < 1.29 is 4.21 Å². The van der Waals surface area contributed by atoms with Gasteiger partial charge >= 0.3 is 0 Å². The maximum atomic E-state index is 12.1. The third-order valence-corrected chi connectivity index (χ3v) is 6.11. The van der Waals surface area contributed by atoms with Crippen molar-refractivity contribution in [3.63, 3.8) is 0 Å². The number of guanidine groups is 1. The van der Waals surface area contributed by atoms with Crippen LogP contribution >= 0.6 is 11.3 Å². The Kier molecular flexibility index (Phi) is 8.62. The summed E-state index contributed by atoms with van der Waals surface area (Å²) < 4.78 is 12.1. The molecule has 1 unspecified atom stereocenters. The number of hydrogen-bond donors (Lipinski definition) is 2. The van der Waals surface area contributed by atoms with Gasteiger partial charge in [0, 0.05) is 59.9 Å². The normalized spacial score (nSPS) is 12.8. The van der Waals surface area contributed by atoms with E-state index in [2.05, 4.69) is 27.5 Å². The Hall–Kier alpha value is -1.73. The minimum Gasteiger partial charge on any atom is -0.356 e. The fourth-order valence-corrected chi connectivity index (χ4v) is 4.15. The first-order valence-electron chi connectivity index (χ1n) is 8.48. The fourth-order valence-electron chi connectivity index (χ4n) is 2.25. The zero-order valence-corrected chi connectivity index (χ0v) is 16.5. The maximum Gasteiger partial charge on any atom is 0.191 e. The molecule has 5 nitrogen and oxygen atoms in total. The molecule has 2 aromatic rings. The number of nitrogens with one attached hydrogen (secondary N) is 2. The first-order chi connectivity index (χ1) is 12.2. The third kappa shape index (κ3) is 7.36. The van der Waals surface area contributed by atoms with Crippen LogP contribution in [0.2, 0.25) is 0 Å². The summed E-state index contributed by atoms with van der Waals surface area (Å²) in [4.78, 5) is 9.93. The van der Waals surface area contributed by atoms with Gasteiger partial charge in [-0.15, -0.1) is 11.3 Å². The minimum atomic E-state index is -0.877. The minimum absolute atomic E-state index is 0.596. The van der Waals surface area contributed by atoms with Crippen LogP contribution in [-0.2, 0) is 29.4 Å². The second-order valence-corrected chi connectivity index (χ2v) is 8.30. The number of benzene rings is 1. The molecule has 0 aliphatic heterocycles. The monoisotopic (exact) mass is 378 g/mol. The van der Waals surface area contributed by atoms with Gasteiger partial charge in [-0.25, -0.2) is 4.98 Å². The summed E-state index contributed by atoms with van der Waals surface area (Å²) in [5.74, 6) is 1.93. The van der Waals surface area contributed by atoms with Crippen molar-refractivity contribution >= 4 is 28.1 Å². The van der Waals surface area contributed by atoms with E-state index in [0.29, 0.717) is 18.1 Å². The second-order valence-electron chi connectivity index (χ2n) is 5.52. The molecule has 136 valence electrons. The van der Waals surface area contributed by atoms with Gasteiger partial charge in [0.25, 0.3) is 0 Å². The maximum absolute atomic E-state index is 12.1. The number of aryl methyl sites for hydroxylation is 1. The summed E-state index contributed by atoms with van der Waals surface area (Å²) in [6.45, 7) is 3.56. The molecule has 0 radical (unpaired) electrons. The van der Waals surface area contributed by atoms with E-state index in [1.807, 2.05) is 36.5 Å². The summed E-state index contributed by atoms with van der Waals surface area (Å²) in [6, 6.07) is 9.94. The first kappa shape index (κ1) is 19.6. The molecule has 1 atom stereocenters. The lowest BCUT2D eigenvalue weighted by Crippen LogP contribution is -2.40. The standard InChI is InChI=1S/C18H26N4OS2/c1-3-16-13-22-17(24-16)9-10-20-18(19-2)21-11-12-25(23)14-15-7-5-4-6-8-15/h4-8,13H,3,9-12,14H2,1-2H3,(H2,19,20,21). The Balaban J connectivity index is 1.63. The molecule has 0 aliphatic carbocycles. The zero-order valence-electron chi connectivity index (χ0n) is 14.8. The second kappa shape index (κ2) is 11.0. The highest BCUT2D eigenvalue weighted by molar-refractivity contribution is 7.84. The fraction of sp³-hybridized carbons (Fsp3) is 0.444. The molecule has 2 N–H and O–H groups in total. The smallest absolute Gasteiger partial charge is 0.191 e. The van der Waals surface area contributed by atoms with Crippen molar-refractivity contribution in [2.75, 3.05) is 25.9 Å². The number of aliphatic imine (C=N–C) groups is 1. The van der Waals surface area contributed by atoms with Gasteiger partial charge in [-0.2, -0.15) is 0 Å². The van der Waals surface area contributed by atoms with Gasteiger partial charge in [0.1, 0.15) is 0 Å². The SMILES string of the molecule is CCc1cnc(CCNC(=NC)NCCS(=O)Cc2ccccc2)s1. The van der Waals surface area contributed by atoms with Crippen LogP contribution in [0.15, 0.2) is 41.5 Å². The van der Waals surface area contributed by atoms with E-state index in [1.165, 1.54) is 4.88 Å². The van der Waals surface area contributed by atoms with Crippen molar-refractivity contribution in [3.05, 3.63) is 52.0 Å². The zero-order chi connectivity index (χ0) is 17.9. The lowest BCUT2D eigenvalue weighted by molar-refractivity contribution is 0.680. The van der Waals surface area contributed by atoms with Gasteiger partial charge in [-0.3, -0.25) is 9.20 Å². The van der Waals surface area contributed by atoms with Gasteiger partial charge in [0.2, 0.25) is 0 Å². The van der Waals surface area contributed by atoms with Crippen molar-refractivity contribution in [3.8, 4) is 0 Å². The molecule has 0 aliphatic rings. The number of thiazole rings is 1. The Morgan fingerprint density at radius 1 is 1.24 bits per heavy atom. The summed E-state index contributed by atoms with van der Waals surface area (Å²) in [5.41, 5.74) is 1.11. The molecule has 0 amide bonds. The van der Waals surface area contributed by atoms with Crippen LogP contribution in [0.4, 0.5) is 0 Å². The van der Waals surface area contributed by atoms with Crippen LogP contribution in [0.1, 0.15) is 22.4 Å². The molecule has 0 fully saturated rings. The van der Waals surface area contributed by atoms with Crippen LogP contribution < -0.4 is 10.6 Å². The Morgan fingerprint density at radius 3 is 2.68 bits per heavy atom. The lowest BCUT2D eigenvalue weighted by atomic mass is 10.2. The van der Waals surface area contributed by atoms with Gasteiger partial charge in [-0.05, 0) is 12.0 Å². The Bertz CT molecular complexity index is 685. The summed E-state index contributed by atoms with van der Waals surface area (Å²) >= 11 is 1.76. The quantitative estimate of drug-likeness (QED) is 0.519. The number of rotatable bonds is 9. The largest absolute Gasteiger partial charge is 0.356 e. The van der Waals surface area contributed by atoms with Gasteiger partial charge in [0.15, 0.2) is 5.96 Å². The molecule has 1 aromatic carbocycles. The van der Waals surface area contributed by atoms with Crippen molar-refractivity contribution in [1.29, 1.82) is 0 Å². The molecular weight excluding hydrogens is 352 g/mol. The molecule has 1 aromatic heterocycles. The summed E-state index contributed by atoms with van der Waals surface area (Å²) in [5, 5.41) is 7.64. The van der Waals surface area contributed by atoms with Crippen molar-refractivity contribution in [2.45, 2.75) is 25.5 Å². The van der Waals surface area contributed by atoms with E-state index < -0.39 is 10.8 Å². The molecule has 7 heteroatoms. The van der Waals surface area contributed by atoms with E-state index in [9.17, 15) is 4.21 Å². The van der Waals surface area contributed by atoms with E-state index in [-0.39, 0.29) is 0 Å². The molecule has 25 heavy (non-hydrogen) atoms. The van der Waals surface area contributed by atoms with E-state index >= 15 is 0 Å². The first-order valence-corrected chi connectivity index (χ1v) is 10.8. The predicted octanol–water partition coefficient (Wildman–Crippen LogP) is 2.36. The molecular formula is C18H26N4OS2. The van der Waals surface area contributed by atoms with Crippen LogP contribution in [0.25, 0.3) is 0 Å². The van der Waals surface area contributed by atoms with Crippen molar-refractivity contribution in [1.82, 2.24) is 15.6 Å². The Labute approximate surface area is 156 Å². The highest BCUT2D eigenvalue weighted by Crippen LogP contribution is 2.13. The van der Waals surface area contributed by atoms with Gasteiger partial charge in [0.05, 0.1) is 5.01 Å². The molecule has 1 heterocycles. The predicted molar refractivity (Wildman–Crippen MR) is 108 cm³/mol. The van der Waals surface area contributed by atoms with Crippen molar-refractivity contribution in [2.24, 2.45) is 4.99 Å². The van der Waals surface area contributed by atoms with Crippen LogP contribution in [0, 0.1) is 0 Å². The van der Waals surface area contributed by atoms with Crippen LogP contribution in [0.5, 0.6) is 0 Å². The highest BCUT2D eigenvalue weighted by Gasteiger charge is 2.04. The molecule has 0 bridgehead atoms. The lowest BCUT2D eigenvalue weighted by Gasteiger charge is -2.11. The van der Waals surface area contributed by atoms with Crippen LogP contribution in [-0.4, -0.2) is 41.0 Å². The number of aromatic nitrogens is 1. The van der Waals surface area contributed by atoms with E-state index in [0.717, 1.165) is 35.9 Å². The van der Waals surface area contributed by atoms with Gasteiger partial charge in [-0.1, -0.05) is 37.3 Å². The third-order valence-electron chi connectivity index (χ3n) is 3.60. The number of hydrogen-bond acceptors (Lipinski definition) is 4. The Morgan fingerprint density at radius 2 is 2.00 bits per heavy atom. The van der Waals surface area contributed by atoms with E-state index in [4.69, 9.17) is 0 Å². The van der Waals surface area contributed by atoms with Gasteiger partial charge < -0.3 is 10.6 Å². The topological polar surface area (TPSA) is 66.4 Å². The average molecular weight is 379 g/mol. The molecule has 0 saturated carbocycles. The highest BCUT2D eigenvalue weighted by atomic mass is 32.2. The molecule has 0 spiro atoms. The van der Waals surface area contributed by atoms with Crippen LogP contribution in [0.3, 0.4) is 0 Å². The van der Waals surface area contributed by atoms with E-state index in [1.54, 1.807) is 18.4 Å². The molecule has 0 saturated heterocycles. The summed E-state index contributed by atoms with van der Waals surface area (Å²) in [7, 11) is 0.868. The average Bonchev–Trinajstić information content (AvgIpc) is 3.09. The summed E-state index contributed by atoms with van der Waals surface area (Å²) in [6.07, 6.45) is 3.87. The number of nitrogens with zero attached hydrogens (tertiary/aromatic N) is 2. The molecule has 2 rings (SSSR count).